The monoisotopic (exact) mass is 752 g/mol. The Bertz CT molecular complexity index is 1850. The molecule has 2 heteroatoms. The molecule has 0 fully saturated rings. The summed E-state index contributed by atoms with van der Waals surface area (Å²) in [4.78, 5) is 0. The molecule has 0 aliphatic carbocycles. The molecule has 2 atom stereocenters. The van der Waals surface area contributed by atoms with E-state index in [0.29, 0.717) is 11.8 Å². The summed E-state index contributed by atoms with van der Waals surface area (Å²) < 4.78 is 0. The van der Waals surface area contributed by atoms with Gasteiger partial charge < -0.3 is 0 Å². The first-order chi connectivity index (χ1) is 23.7. The van der Waals surface area contributed by atoms with Crippen molar-refractivity contribution in [1.82, 2.24) is 0 Å². The molecule has 6 aromatic carbocycles. The Labute approximate surface area is 323 Å². The van der Waals surface area contributed by atoms with Crippen molar-refractivity contribution in [3.05, 3.63) is 119 Å². The predicted molar refractivity (Wildman–Crippen MR) is 221 cm³/mol. The van der Waals surface area contributed by atoms with Gasteiger partial charge in [0, 0.05) is 8.07 Å². The zero-order valence-electron chi connectivity index (χ0n) is 32.0. The van der Waals surface area contributed by atoms with Crippen LogP contribution in [0.15, 0.2) is 97.1 Å². The predicted octanol–water partition coefficient (Wildman–Crippen LogP) is 13.3. The molecule has 0 aliphatic heterocycles. The maximum atomic E-state index is 2.67. The molecule has 6 aromatic rings. The number of hydrogen-bond acceptors (Lipinski definition) is 0. The van der Waals surface area contributed by atoms with Gasteiger partial charge in [-0.25, -0.2) is 0 Å². The van der Waals surface area contributed by atoms with E-state index in [1.165, 1.54) is 93.5 Å². The zero-order chi connectivity index (χ0) is 34.7. The van der Waals surface area contributed by atoms with E-state index in [-0.39, 0.29) is 26.2 Å². The summed E-state index contributed by atoms with van der Waals surface area (Å²) in [7, 11) is -2.27. The van der Waals surface area contributed by atoms with Crippen LogP contribution < -0.4 is 10.4 Å². The van der Waals surface area contributed by atoms with Crippen LogP contribution in [0.3, 0.4) is 0 Å². The Morgan fingerprint density at radius 1 is 0.540 bits per heavy atom. The molecule has 0 aromatic heterocycles. The average Bonchev–Trinajstić information content (AvgIpc) is 3.72. The summed E-state index contributed by atoms with van der Waals surface area (Å²) >= 11 is 0. The molecule has 0 radical (unpaired) electrons. The Morgan fingerprint density at radius 2 is 0.920 bits per heavy atom. The normalized spacial score (nSPS) is 13.1. The molecule has 258 valence electrons. The minimum absolute atomic E-state index is 0. The fourth-order valence-electron chi connectivity index (χ4n) is 8.40. The summed E-state index contributed by atoms with van der Waals surface area (Å²) in [6.07, 6.45) is 9.51. The van der Waals surface area contributed by atoms with E-state index in [1.807, 2.05) is 0 Å². The molecule has 0 aliphatic rings. The number of unbranched alkanes of at least 4 members (excludes halogenated alkanes) is 2. The molecule has 0 saturated carbocycles. The first-order valence-corrected chi connectivity index (χ1v) is 22.4. The van der Waals surface area contributed by atoms with Gasteiger partial charge in [-0.05, 0) is 59.8 Å². The average molecular weight is 754 g/mol. The van der Waals surface area contributed by atoms with Crippen molar-refractivity contribution in [1.29, 1.82) is 0 Å². The third-order valence-electron chi connectivity index (χ3n) is 11.7. The maximum absolute atomic E-state index is 2.67. The quantitative estimate of drug-likeness (QED) is 0.0767. The van der Waals surface area contributed by atoms with E-state index in [0.717, 1.165) is 12.8 Å². The van der Waals surface area contributed by atoms with Crippen LogP contribution in [-0.4, -0.2) is 8.07 Å². The van der Waals surface area contributed by atoms with Gasteiger partial charge in [0.1, 0.15) is 0 Å². The van der Waals surface area contributed by atoms with Gasteiger partial charge in [-0.1, -0.05) is 152 Å². The van der Waals surface area contributed by atoms with Gasteiger partial charge in [-0.3, -0.25) is 0 Å². The van der Waals surface area contributed by atoms with E-state index in [2.05, 4.69) is 152 Å². The Morgan fingerprint density at radius 3 is 1.26 bits per heavy atom. The minimum atomic E-state index is -2.27. The van der Waals surface area contributed by atoms with Gasteiger partial charge in [0.05, 0.1) is 0 Å². The van der Waals surface area contributed by atoms with Gasteiger partial charge in [0.25, 0.3) is 0 Å². The second-order valence-electron chi connectivity index (χ2n) is 15.3. The van der Waals surface area contributed by atoms with Crippen molar-refractivity contribution in [2.24, 2.45) is 0 Å². The van der Waals surface area contributed by atoms with Crippen LogP contribution >= 0.6 is 0 Å². The first-order valence-electron chi connectivity index (χ1n) is 19.4. The van der Waals surface area contributed by atoms with Gasteiger partial charge in [-0.2, -0.15) is 10.4 Å². The van der Waals surface area contributed by atoms with Crippen LogP contribution in [0.2, 0.25) is 13.1 Å². The second kappa shape index (κ2) is 16.7. The molecule has 0 nitrogen and oxygen atoms in total. The van der Waals surface area contributed by atoms with E-state index < -0.39 is 8.07 Å². The molecular weight excluding hydrogens is 696 g/mol. The van der Waals surface area contributed by atoms with E-state index in [4.69, 9.17) is 0 Å². The van der Waals surface area contributed by atoms with Crippen LogP contribution in [0.4, 0.5) is 0 Å². The van der Waals surface area contributed by atoms with Crippen molar-refractivity contribution in [2.75, 3.05) is 0 Å². The molecular formula is C48H58SiZr. The summed E-state index contributed by atoms with van der Waals surface area (Å²) in [5.74, 6) is 1.16. The summed E-state index contributed by atoms with van der Waals surface area (Å²) in [5.41, 5.74) is 11.5. The fourth-order valence-corrected chi connectivity index (χ4v) is 12.5. The Balaban J connectivity index is 0.00000486. The van der Waals surface area contributed by atoms with Crippen LogP contribution in [0.5, 0.6) is 0 Å². The van der Waals surface area contributed by atoms with Gasteiger partial charge in [0.15, 0.2) is 0 Å². The molecule has 2 unspecified atom stereocenters. The minimum Gasteiger partial charge on any atom is -0.158 e. The molecule has 0 amide bonds. The first kappa shape index (κ1) is 38.4. The van der Waals surface area contributed by atoms with Crippen molar-refractivity contribution in [3.8, 4) is 22.3 Å². The summed E-state index contributed by atoms with van der Waals surface area (Å²) in [6, 6.07) is 38.3. The molecule has 6 rings (SSSR count). The maximum Gasteiger partial charge on any atom is 2.00 e. The van der Waals surface area contributed by atoms with Crippen LogP contribution in [0, 0.1) is 0 Å². The topological polar surface area (TPSA) is 0 Å². The van der Waals surface area contributed by atoms with E-state index in [9.17, 15) is 0 Å². The summed E-state index contributed by atoms with van der Waals surface area (Å²) in [6.45, 7) is 19.3. The number of rotatable bonds is 14. The number of hydrogen-bond donors (Lipinski definition) is 0. The Kier molecular flexibility index (Phi) is 12.8. The third-order valence-corrected chi connectivity index (χ3v) is 15.3. The largest absolute Gasteiger partial charge is 2.00 e. The molecule has 0 bridgehead atoms. The zero-order valence-corrected chi connectivity index (χ0v) is 35.5. The van der Waals surface area contributed by atoms with E-state index in [1.54, 1.807) is 21.5 Å². The van der Waals surface area contributed by atoms with Crippen LogP contribution in [-0.2, 0) is 39.0 Å². The van der Waals surface area contributed by atoms with Gasteiger partial charge in [-0.15, -0.1) is 69.1 Å². The molecule has 50 heavy (non-hydrogen) atoms. The standard InChI is InChI=1S/C48H58Si.Zr/c1-9-13-17-41-31-39-19-15-21-43(37-27-23-35(24-28-37)33(5)11-3)45(39)47(41)49(7,8)48-42(18-14-10-2)32-40-20-16-22-44(46(40)48)38-29-25-36(26-30-38)34(6)12-4;/h15-16,19-34H,9-14,17-18H2,1-8H3;/q-2;+2. The SMILES string of the molecule is CCCCc1[cH-]c2cccc(-c3ccc(C(C)CC)cc3)c2c1[Si](C)(C)c1c(CCCC)[cH-]c2cccc(-c3ccc(C(C)CC)cc3)c12.[Zr+2]. The molecule has 0 heterocycles. The molecule has 0 N–H and O–H groups in total. The number of fused-ring (bicyclic) bond motifs is 2. The number of aryl methyl sites for hydroxylation is 2. The summed E-state index contributed by atoms with van der Waals surface area (Å²) in [5, 5.41) is 9.18. The van der Waals surface area contributed by atoms with E-state index >= 15 is 0 Å². The fraction of sp³-hybridized carbons (Fsp3) is 0.375. The van der Waals surface area contributed by atoms with Crippen LogP contribution in [0.25, 0.3) is 43.8 Å². The number of benzene rings is 4. The van der Waals surface area contributed by atoms with Crippen molar-refractivity contribution < 1.29 is 26.2 Å². The van der Waals surface area contributed by atoms with Crippen molar-refractivity contribution in [2.45, 2.75) is 118 Å². The van der Waals surface area contributed by atoms with Gasteiger partial charge in [0.2, 0.25) is 0 Å². The molecule has 0 saturated heterocycles. The smallest absolute Gasteiger partial charge is 0.158 e. The molecule has 0 spiro atoms. The van der Waals surface area contributed by atoms with Gasteiger partial charge >= 0.3 is 26.2 Å². The van der Waals surface area contributed by atoms with Crippen molar-refractivity contribution in [3.63, 3.8) is 0 Å². The van der Waals surface area contributed by atoms with Crippen LogP contribution in [0.1, 0.15) is 114 Å². The Hall–Kier alpha value is -2.80. The second-order valence-corrected chi connectivity index (χ2v) is 19.6. The third kappa shape index (κ3) is 7.41. The van der Waals surface area contributed by atoms with Crippen molar-refractivity contribution >= 4 is 40.0 Å².